The summed E-state index contributed by atoms with van der Waals surface area (Å²) in [5.41, 5.74) is 2.43. The van der Waals surface area contributed by atoms with Gasteiger partial charge in [0.05, 0.1) is 16.8 Å². The number of sulfonamides is 1. The van der Waals surface area contributed by atoms with E-state index in [-0.39, 0.29) is 10.8 Å². The minimum Gasteiger partial charge on any atom is -0.444 e. The molecule has 1 aromatic heterocycles. The van der Waals surface area contributed by atoms with Gasteiger partial charge in [0.2, 0.25) is 0 Å². The highest BCUT2D eigenvalue weighted by atomic mass is 35.5. The normalized spacial score (nSPS) is 11.2. The number of halogens is 1. The first kappa shape index (κ1) is 21.6. The number of nitrogens with zero attached hydrogens (tertiary/aromatic N) is 1. The second kappa shape index (κ2) is 8.86. The molecule has 0 bridgehead atoms. The fourth-order valence-electron chi connectivity index (χ4n) is 3.08. The fourth-order valence-corrected chi connectivity index (χ4v) is 4.59. The smallest absolute Gasteiger partial charge is 0.262 e. The number of nitrogens with one attached hydrogen (secondary N) is 2. The van der Waals surface area contributed by atoms with E-state index < -0.39 is 10.0 Å². The van der Waals surface area contributed by atoms with E-state index >= 15 is 0 Å². The number of carbonyl (C=O) groups excluding carboxylic acids is 1. The average molecular weight is 468 g/mol. The predicted octanol–water partition coefficient (Wildman–Crippen LogP) is 5.36. The van der Waals surface area contributed by atoms with E-state index in [2.05, 4.69) is 15.0 Å². The summed E-state index contributed by atoms with van der Waals surface area (Å²) >= 11 is 5.94. The summed E-state index contributed by atoms with van der Waals surface area (Å²) in [5.74, 6) is 0.224. The predicted molar refractivity (Wildman–Crippen MR) is 123 cm³/mol. The summed E-state index contributed by atoms with van der Waals surface area (Å²) in [4.78, 5) is 16.6. The van der Waals surface area contributed by atoms with Gasteiger partial charge in [-0.3, -0.25) is 9.52 Å². The Balaban J connectivity index is 1.54. The lowest BCUT2D eigenvalue weighted by atomic mass is 10.1. The molecular formula is C23H18ClN3O4S. The molecule has 1 heterocycles. The number of anilines is 2. The molecule has 32 heavy (non-hydrogen) atoms. The van der Waals surface area contributed by atoms with Crippen molar-refractivity contribution in [3.8, 4) is 11.3 Å². The number of carbonyl (C=O) groups is 1. The molecule has 1 amide bonds. The highest BCUT2D eigenvalue weighted by molar-refractivity contribution is 7.92. The van der Waals surface area contributed by atoms with Crippen LogP contribution in [0.25, 0.3) is 11.3 Å². The molecule has 0 atom stereocenters. The highest BCUT2D eigenvalue weighted by Crippen LogP contribution is 2.25. The summed E-state index contributed by atoms with van der Waals surface area (Å²) in [6.07, 6.45) is 2.92. The Labute approximate surface area is 190 Å². The van der Waals surface area contributed by atoms with Crippen LogP contribution < -0.4 is 10.0 Å². The van der Waals surface area contributed by atoms with Crippen molar-refractivity contribution in [3.63, 3.8) is 0 Å². The Morgan fingerprint density at radius 3 is 2.47 bits per heavy atom. The van der Waals surface area contributed by atoms with Crippen molar-refractivity contribution in [2.24, 2.45) is 0 Å². The number of amides is 1. The van der Waals surface area contributed by atoms with E-state index in [4.69, 9.17) is 16.0 Å². The van der Waals surface area contributed by atoms with Crippen molar-refractivity contribution in [1.82, 2.24) is 4.98 Å². The zero-order valence-electron chi connectivity index (χ0n) is 16.9. The first-order valence-corrected chi connectivity index (χ1v) is 11.4. The van der Waals surface area contributed by atoms with Crippen molar-refractivity contribution in [2.75, 3.05) is 10.0 Å². The van der Waals surface area contributed by atoms with E-state index in [0.717, 1.165) is 5.56 Å². The van der Waals surface area contributed by atoms with Gasteiger partial charge in [0, 0.05) is 21.8 Å². The highest BCUT2D eigenvalue weighted by Gasteiger charge is 2.19. The minimum absolute atomic E-state index is 0.0518. The maximum Gasteiger partial charge on any atom is 0.262 e. The number of oxazole rings is 1. The van der Waals surface area contributed by atoms with Crippen LogP contribution in [-0.4, -0.2) is 19.3 Å². The molecule has 0 saturated heterocycles. The zero-order valence-corrected chi connectivity index (χ0v) is 18.4. The summed E-state index contributed by atoms with van der Waals surface area (Å²) in [6.45, 7) is 1.68. The molecule has 0 saturated carbocycles. The van der Waals surface area contributed by atoms with Crippen LogP contribution in [0.1, 0.15) is 15.9 Å². The topological polar surface area (TPSA) is 101 Å². The van der Waals surface area contributed by atoms with Gasteiger partial charge in [0.15, 0.2) is 12.2 Å². The van der Waals surface area contributed by atoms with Gasteiger partial charge in [-0.2, -0.15) is 0 Å². The minimum atomic E-state index is -3.89. The molecule has 4 rings (SSSR count). The quantitative estimate of drug-likeness (QED) is 0.397. The lowest BCUT2D eigenvalue weighted by molar-refractivity contribution is 0.102. The number of aryl methyl sites for hydroxylation is 1. The number of hydrogen-bond donors (Lipinski definition) is 2. The van der Waals surface area contributed by atoms with Crippen LogP contribution >= 0.6 is 11.6 Å². The van der Waals surface area contributed by atoms with Gasteiger partial charge in [0.25, 0.3) is 15.9 Å². The maximum atomic E-state index is 12.9. The van der Waals surface area contributed by atoms with Crippen LogP contribution in [0.2, 0.25) is 5.02 Å². The summed E-state index contributed by atoms with van der Waals surface area (Å²) < 4.78 is 33.6. The summed E-state index contributed by atoms with van der Waals surface area (Å²) in [7, 11) is -3.89. The van der Waals surface area contributed by atoms with Crippen LogP contribution in [0, 0.1) is 6.92 Å². The molecule has 7 nitrogen and oxygen atoms in total. The molecule has 0 aliphatic carbocycles. The van der Waals surface area contributed by atoms with E-state index in [1.54, 1.807) is 67.7 Å². The van der Waals surface area contributed by atoms with Crippen molar-refractivity contribution >= 4 is 38.9 Å². The van der Waals surface area contributed by atoms with Crippen molar-refractivity contribution in [1.29, 1.82) is 0 Å². The van der Waals surface area contributed by atoms with Crippen LogP contribution in [0.15, 0.2) is 88.6 Å². The molecule has 162 valence electrons. The van der Waals surface area contributed by atoms with Gasteiger partial charge in [-0.15, -0.1) is 0 Å². The molecule has 2 N–H and O–H groups in total. The molecule has 0 fully saturated rings. The zero-order chi connectivity index (χ0) is 22.7. The van der Waals surface area contributed by atoms with Crippen LogP contribution in [0.3, 0.4) is 0 Å². The molecule has 3 aromatic carbocycles. The Morgan fingerprint density at radius 2 is 1.78 bits per heavy atom. The largest absolute Gasteiger partial charge is 0.444 e. The average Bonchev–Trinajstić information content (AvgIpc) is 3.30. The molecule has 0 radical (unpaired) electrons. The third-order valence-electron chi connectivity index (χ3n) is 4.68. The van der Waals surface area contributed by atoms with Crippen LogP contribution in [-0.2, 0) is 10.0 Å². The molecule has 4 aromatic rings. The van der Waals surface area contributed by atoms with Gasteiger partial charge >= 0.3 is 0 Å². The maximum absolute atomic E-state index is 12.9. The number of benzene rings is 3. The van der Waals surface area contributed by atoms with Gasteiger partial charge in [-0.25, -0.2) is 13.4 Å². The van der Waals surface area contributed by atoms with Gasteiger partial charge in [0.1, 0.15) is 0 Å². The monoisotopic (exact) mass is 467 g/mol. The van der Waals surface area contributed by atoms with Gasteiger partial charge < -0.3 is 9.73 Å². The van der Waals surface area contributed by atoms with Crippen molar-refractivity contribution in [2.45, 2.75) is 11.8 Å². The van der Waals surface area contributed by atoms with Crippen LogP contribution in [0.5, 0.6) is 0 Å². The van der Waals surface area contributed by atoms with E-state index in [0.29, 0.717) is 33.3 Å². The lowest BCUT2D eigenvalue weighted by Gasteiger charge is -2.13. The summed E-state index contributed by atoms with van der Waals surface area (Å²) in [6, 6.07) is 17.9. The molecule has 0 spiro atoms. The third-order valence-corrected chi connectivity index (χ3v) is 6.43. The second-order valence-corrected chi connectivity index (χ2v) is 9.08. The summed E-state index contributed by atoms with van der Waals surface area (Å²) in [5, 5.41) is 3.15. The third kappa shape index (κ3) is 4.82. The van der Waals surface area contributed by atoms with Crippen molar-refractivity contribution < 1.29 is 17.6 Å². The van der Waals surface area contributed by atoms with Crippen LogP contribution in [0.4, 0.5) is 11.4 Å². The lowest BCUT2D eigenvalue weighted by Crippen LogP contribution is -2.16. The molecule has 0 aliphatic rings. The van der Waals surface area contributed by atoms with Gasteiger partial charge in [-0.1, -0.05) is 35.9 Å². The number of hydrogen-bond acceptors (Lipinski definition) is 5. The number of rotatable bonds is 6. The Bertz CT molecular complexity index is 1370. The Kier molecular flexibility index (Phi) is 5.98. The Morgan fingerprint density at radius 1 is 1.00 bits per heavy atom. The molecule has 9 heteroatoms. The molecular weight excluding hydrogens is 450 g/mol. The first-order valence-electron chi connectivity index (χ1n) is 9.51. The molecule has 0 aliphatic heterocycles. The Hall–Kier alpha value is -3.62. The van der Waals surface area contributed by atoms with E-state index in [9.17, 15) is 13.2 Å². The second-order valence-electron chi connectivity index (χ2n) is 6.99. The first-order chi connectivity index (χ1) is 15.3. The van der Waals surface area contributed by atoms with Gasteiger partial charge in [-0.05, 0) is 55.0 Å². The molecule has 0 unspecified atom stereocenters. The SMILES string of the molecule is Cc1ccc(NC(=O)c2ccc(-c3cnco3)cc2)cc1S(=O)(=O)Nc1cccc(Cl)c1. The fraction of sp³-hybridized carbons (Fsp3) is 0.0435. The van der Waals surface area contributed by atoms with Crippen molar-refractivity contribution in [3.05, 3.63) is 95.5 Å². The number of aromatic nitrogens is 1. The standard InChI is InChI=1S/C23H18ClN3O4S/c1-15-5-10-19(12-22(15)32(29,30)27-20-4-2-3-18(24)11-20)26-23(28)17-8-6-16(7-9-17)21-13-25-14-31-21/h2-14,27H,1H3,(H,26,28). The van der Waals surface area contributed by atoms with E-state index in [1.165, 1.54) is 18.5 Å². The van der Waals surface area contributed by atoms with E-state index in [1.807, 2.05) is 0 Å².